The van der Waals surface area contributed by atoms with Crippen molar-refractivity contribution in [1.29, 1.82) is 0 Å². The van der Waals surface area contributed by atoms with E-state index in [9.17, 15) is 28.3 Å². The second-order valence-electron chi connectivity index (χ2n) is 9.77. The maximum absolute atomic E-state index is 13.8. The summed E-state index contributed by atoms with van der Waals surface area (Å²) in [5.41, 5.74) is 3.70. The number of aliphatic hydroxyl groups is 1. The van der Waals surface area contributed by atoms with Gasteiger partial charge in [0, 0.05) is 19.2 Å². The summed E-state index contributed by atoms with van der Waals surface area (Å²) in [7, 11) is 0. The van der Waals surface area contributed by atoms with Gasteiger partial charge in [0.25, 0.3) is 11.8 Å². The van der Waals surface area contributed by atoms with Gasteiger partial charge >= 0.3 is 0 Å². The maximum Gasteiger partial charge on any atom is 0.262 e. The number of aliphatic hydroxyl groups excluding tert-OH is 1. The second kappa shape index (κ2) is 12.3. The Labute approximate surface area is 225 Å². The Morgan fingerprint density at radius 2 is 1.62 bits per heavy atom. The molecule has 3 N–H and O–H groups in total. The van der Waals surface area contributed by atoms with Crippen molar-refractivity contribution in [3.05, 3.63) is 106 Å². The molecular formula is C30H31F2N3O4. The van der Waals surface area contributed by atoms with Crippen molar-refractivity contribution in [1.82, 2.24) is 15.5 Å². The van der Waals surface area contributed by atoms with Crippen molar-refractivity contribution in [2.24, 2.45) is 0 Å². The summed E-state index contributed by atoms with van der Waals surface area (Å²) in [6.07, 6.45) is -0.323. The zero-order valence-electron chi connectivity index (χ0n) is 21.8. The first-order valence-corrected chi connectivity index (χ1v) is 12.8. The first-order chi connectivity index (χ1) is 18.6. The molecule has 0 spiro atoms. The number of rotatable bonds is 11. The van der Waals surface area contributed by atoms with E-state index >= 15 is 0 Å². The highest BCUT2D eigenvalue weighted by Gasteiger charge is 2.37. The lowest BCUT2D eigenvalue weighted by molar-refractivity contribution is -0.123. The number of aryl methyl sites for hydroxylation is 2. The molecule has 39 heavy (non-hydrogen) atoms. The van der Waals surface area contributed by atoms with Crippen LogP contribution in [0.4, 0.5) is 8.78 Å². The van der Waals surface area contributed by atoms with Crippen molar-refractivity contribution in [3.63, 3.8) is 0 Å². The summed E-state index contributed by atoms with van der Waals surface area (Å²) >= 11 is 0. The third kappa shape index (κ3) is 6.93. The van der Waals surface area contributed by atoms with Crippen LogP contribution >= 0.6 is 0 Å². The van der Waals surface area contributed by atoms with Crippen LogP contribution in [0.5, 0.6) is 0 Å². The van der Waals surface area contributed by atoms with Gasteiger partial charge in [-0.1, -0.05) is 42.8 Å². The van der Waals surface area contributed by atoms with Crippen LogP contribution in [0.25, 0.3) is 0 Å². The van der Waals surface area contributed by atoms with Gasteiger partial charge in [-0.2, -0.15) is 0 Å². The summed E-state index contributed by atoms with van der Waals surface area (Å²) in [6.45, 7) is 3.84. The SMILES string of the molecule is CCc1cccc(CNCC(O)C(Cc2cc(F)cc(F)c2)NC(=O)CN2C(=O)c3ccc(C)cc3C2=O)c1. The summed E-state index contributed by atoms with van der Waals surface area (Å²) in [6, 6.07) is 14.9. The van der Waals surface area contributed by atoms with Crippen LogP contribution in [0.2, 0.25) is 0 Å². The summed E-state index contributed by atoms with van der Waals surface area (Å²) < 4.78 is 27.7. The average Bonchev–Trinajstić information content (AvgIpc) is 3.11. The normalized spacial score (nSPS) is 14.3. The molecular weight excluding hydrogens is 504 g/mol. The smallest absolute Gasteiger partial charge is 0.262 e. The van der Waals surface area contributed by atoms with E-state index in [-0.39, 0.29) is 29.7 Å². The third-order valence-electron chi connectivity index (χ3n) is 6.70. The highest BCUT2D eigenvalue weighted by molar-refractivity contribution is 6.22. The molecule has 0 bridgehead atoms. The Morgan fingerprint density at radius 3 is 2.33 bits per heavy atom. The summed E-state index contributed by atoms with van der Waals surface area (Å²) in [4.78, 5) is 39.4. The third-order valence-corrected chi connectivity index (χ3v) is 6.70. The molecule has 9 heteroatoms. The van der Waals surface area contributed by atoms with Gasteiger partial charge in [-0.3, -0.25) is 19.3 Å². The molecule has 0 saturated heterocycles. The maximum atomic E-state index is 13.8. The number of imide groups is 1. The van der Waals surface area contributed by atoms with Gasteiger partial charge in [-0.05, 0) is 60.7 Å². The minimum Gasteiger partial charge on any atom is -0.390 e. The van der Waals surface area contributed by atoms with E-state index in [4.69, 9.17) is 0 Å². The zero-order valence-corrected chi connectivity index (χ0v) is 21.8. The summed E-state index contributed by atoms with van der Waals surface area (Å²) in [5, 5.41) is 16.8. The molecule has 3 aromatic carbocycles. The molecule has 4 rings (SSSR count). The fourth-order valence-electron chi connectivity index (χ4n) is 4.68. The number of hydrogen-bond donors (Lipinski definition) is 3. The molecule has 0 aliphatic carbocycles. The standard InChI is InChI=1S/C30H31F2N3O4/c1-3-19-5-4-6-20(10-19)15-33-16-27(36)26(13-21-11-22(31)14-23(32)12-21)34-28(37)17-35-29(38)24-8-7-18(2)9-25(24)30(35)39/h4-12,14,26-27,33,36H,3,13,15-17H2,1-2H3,(H,34,37). The van der Waals surface area contributed by atoms with E-state index in [0.717, 1.165) is 40.6 Å². The van der Waals surface area contributed by atoms with Crippen LogP contribution in [0, 0.1) is 18.6 Å². The number of carbonyl (C=O) groups excluding carboxylic acids is 3. The number of nitrogens with one attached hydrogen (secondary N) is 2. The van der Waals surface area contributed by atoms with E-state index in [1.807, 2.05) is 18.2 Å². The van der Waals surface area contributed by atoms with Gasteiger partial charge in [0.2, 0.25) is 5.91 Å². The van der Waals surface area contributed by atoms with Gasteiger partial charge in [0.15, 0.2) is 0 Å². The number of benzene rings is 3. The minimum atomic E-state index is -1.14. The fraction of sp³-hybridized carbons (Fsp3) is 0.300. The number of nitrogens with zero attached hydrogens (tertiary/aromatic N) is 1. The minimum absolute atomic E-state index is 0.0735. The molecule has 3 aromatic rings. The highest BCUT2D eigenvalue weighted by Crippen LogP contribution is 2.23. The van der Waals surface area contributed by atoms with E-state index in [1.54, 1.807) is 25.1 Å². The number of fused-ring (bicyclic) bond motifs is 1. The Hall–Kier alpha value is -3.95. The molecule has 2 unspecified atom stereocenters. The Bertz CT molecular complexity index is 1370. The summed E-state index contributed by atoms with van der Waals surface area (Å²) in [5.74, 6) is -3.39. The quantitative estimate of drug-likeness (QED) is 0.328. The number of amides is 3. The Balaban J connectivity index is 1.44. The molecule has 2 atom stereocenters. The van der Waals surface area contributed by atoms with Crippen molar-refractivity contribution in [2.75, 3.05) is 13.1 Å². The van der Waals surface area contributed by atoms with Crippen molar-refractivity contribution < 1.29 is 28.3 Å². The van der Waals surface area contributed by atoms with E-state index < -0.39 is 48.0 Å². The molecule has 0 saturated carbocycles. The molecule has 0 fully saturated rings. The number of carbonyl (C=O) groups is 3. The molecule has 1 aliphatic rings. The van der Waals surface area contributed by atoms with Crippen LogP contribution in [-0.2, 0) is 24.2 Å². The topological polar surface area (TPSA) is 98.7 Å². The van der Waals surface area contributed by atoms with Gasteiger partial charge in [-0.25, -0.2) is 8.78 Å². The molecule has 0 aromatic heterocycles. The molecule has 204 valence electrons. The predicted octanol–water partition coefficient (Wildman–Crippen LogP) is 3.31. The molecule has 1 heterocycles. The van der Waals surface area contributed by atoms with Crippen LogP contribution in [0.15, 0.2) is 60.7 Å². The fourth-order valence-corrected chi connectivity index (χ4v) is 4.68. The monoisotopic (exact) mass is 535 g/mol. The van der Waals surface area contributed by atoms with Crippen LogP contribution < -0.4 is 10.6 Å². The van der Waals surface area contributed by atoms with Crippen molar-refractivity contribution >= 4 is 17.7 Å². The van der Waals surface area contributed by atoms with Gasteiger partial charge in [-0.15, -0.1) is 0 Å². The lowest BCUT2D eigenvalue weighted by atomic mass is 10.0. The van der Waals surface area contributed by atoms with E-state index in [1.165, 1.54) is 5.56 Å². The zero-order chi connectivity index (χ0) is 28.1. The molecule has 3 amide bonds. The van der Waals surface area contributed by atoms with Crippen LogP contribution in [0.1, 0.15) is 49.9 Å². The lowest BCUT2D eigenvalue weighted by Crippen LogP contribution is -2.51. The van der Waals surface area contributed by atoms with Crippen LogP contribution in [-0.4, -0.2) is 53.0 Å². The van der Waals surface area contributed by atoms with Crippen molar-refractivity contribution in [3.8, 4) is 0 Å². The Kier molecular flexibility index (Phi) is 8.83. The van der Waals surface area contributed by atoms with E-state index in [2.05, 4.69) is 23.6 Å². The first-order valence-electron chi connectivity index (χ1n) is 12.8. The second-order valence-corrected chi connectivity index (χ2v) is 9.77. The van der Waals surface area contributed by atoms with Gasteiger partial charge in [0.05, 0.1) is 23.3 Å². The number of halogens is 2. The van der Waals surface area contributed by atoms with Crippen molar-refractivity contribution in [2.45, 2.75) is 45.4 Å². The molecule has 7 nitrogen and oxygen atoms in total. The van der Waals surface area contributed by atoms with Crippen LogP contribution in [0.3, 0.4) is 0 Å². The molecule has 1 aliphatic heterocycles. The van der Waals surface area contributed by atoms with E-state index in [0.29, 0.717) is 6.54 Å². The first kappa shape index (κ1) is 28.1. The Morgan fingerprint density at radius 1 is 0.923 bits per heavy atom. The predicted molar refractivity (Wildman–Crippen MR) is 142 cm³/mol. The average molecular weight is 536 g/mol. The van der Waals surface area contributed by atoms with Gasteiger partial charge < -0.3 is 15.7 Å². The van der Waals surface area contributed by atoms with Gasteiger partial charge in [0.1, 0.15) is 18.2 Å². The number of hydrogen-bond acceptors (Lipinski definition) is 5. The lowest BCUT2D eigenvalue weighted by Gasteiger charge is -2.26. The molecule has 0 radical (unpaired) electrons. The largest absolute Gasteiger partial charge is 0.390 e. The highest BCUT2D eigenvalue weighted by atomic mass is 19.1.